The van der Waals surface area contributed by atoms with Crippen molar-refractivity contribution in [2.45, 2.75) is 32.0 Å². The third kappa shape index (κ3) is 3.05. The van der Waals surface area contributed by atoms with Crippen molar-refractivity contribution < 1.29 is 14.4 Å². The molecule has 1 aromatic carbocycles. The number of nitrogens with zero attached hydrogens (tertiary/aromatic N) is 1. The molecule has 4 rings (SSSR count). The molecular weight excluding hydrogens is 320 g/mol. The summed E-state index contributed by atoms with van der Waals surface area (Å²) in [6.45, 7) is 4.10. The van der Waals surface area contributed by atoms with Crippen LogP contribution in [0, 0.1) is 5.92 Å². The SMILES string of the molecule is O=C1CCC(N2Cc3cccc(CNCC4CNC4)c3C2=O)C(=O)N1. The van der Waals surface area contributed by atoms with E-state index in [4.69, 9.17) is 0 Å². The summed E-state index contributed by atoms with van der Waals surface area (Å²) in [6, 6.07) is 5.32. The molecule has 3 aliphatic heterocycles. The second kappa shape index (κ2) is 6.57. The zero-order valence-corrected chi connectivity index (χ0v) is 14.0. The Morgan fingerprint density at radius 2 is 2.04 bits per heavy atom. The van der Waals surface area contributed by atoms with Crippen LogP contribution in [0.2, 0.25) is 0 Å². The van der Waals surface area contributed by atoms with E-state index in [2.05, 4.69) is 16.0 Å². The fourth-order valence-electron chi connectivity index (χ4n) is 3.74. The number of carbonyl (C=O) groups is 3. The summed E-state index contributed by atoms with van der Waals surface area (Å²) in [5, 5.41) is 9.01. The summed E-state index contributed by atoms with van der Waals surface area (Å²) in [5.74, 6) is -0.0741. The molecule has 0 saturated carbocycles. The van der Waals surface area contributed by atoms with Crippen molar-refractivity contribution in [2.24, 2.45) is 5.92 Å². The molecule has 2 fully saturated rings. The molecule has 0 spiro atoms. The number of carbonyl (C=O) groups excluding carboxylic acids is 3. The molecule has 1 aromatic rings. The number of imide groups is 1. The van der Waals surface area contributed by atoms with Crippen LogP contribution in [0.5, 0.6) is 0 Å². The normalized spacial score (nSPS) is 23.4. The van der Waals surface area contributed by atoms with E-state index in [9.17, 15) is 14.4 Å². The van der Waals surface area contributed by atoms with Crippen LogP contribution < -0.4 is 16.0 Å². The minimum atomic E-state index is -0.556. The van der Waals surface area contributed by atoms with Crippen molar-refractivity contribution >= 4 is 17.7 Å². The molecule has 0 aliphatic carbocycles. The molecular formula is C18H22N4O3. The number of hydrogen-bond donors (Lipinski definition) is 3. The Balaban J connectivity index is 1.48. The lowest BCUT2D eigenvalue weighted by Gasteiger charge is -2.29. The second-order valence-corrected chi connectivity index (χ2v) is 7.01. The molecule has 1 atom stereocenters. The highest BCUT2D eigenvalue weighted by Crippen LogP contribution is 2.29. The standard InChI is InChI=1S/C18H22N4O3/c23-15-5-4-14(17(24)21-15)22-10-13-3-1-2-12(16(13)18(22)25)9-20-8-11-6-19-7-11/h1-3,11,14,19-20H,4-10H2,(H,21,23,24). The van der Waals surface area contributed by atoms with E-state index in [0.717, 1.165) is 30.8 Å². The first kappa shape index (κ1) is 16.2. The van der Waals surface area contributed by atoms with Crippen LogP contribution in [-0.4, -0.2) is 48.3 Å². The van der Waals surface area contributed by atoms with Crippen LogP contribution in [0.1, 0.15) is 34.3 Å². The van der Waals surface area contributed by atoms with Crippen molar-refractivity contribution in [3.8, 4) is 0 Å². The van der Waals surface area contributed by atoms with Gasteiger partial charge in [-0.05, 0) is 23.5 Å². The highest BCUT2D eigenvalue weighted by molar-refractivity contribution is 6.05. The Hall–Kier alpha value is -2.25. The Morgan fingerprint density at radius 3 is 2.76 bits per heavy atom. The van der Waals surface area contributed by atoms with Crippen LogP contribution in [0.25, 0.3) is 0 Å². The van der Waals surface area contributed by atoms with Crippen LogP contribution in [0.4, 0.5) is 0 Å². The minimum absolute atomic E-state index is 0.104. The fourth-order valence-corrected chi connectivity index (χ4v) is 3.74. The summed E-state index contributed by atoms with van der Waals surface area (Å²) in [4.78, 5) is 38.0. The number of fused-ring (bicyclic) bond motifs is 1. The van der Waals surface area contributed by atoms with Crippen molar-refractivity contribution in [3.05, 3.63) is 34.9 Å². The van der Waals surface area contributed by atoms with E-state index in [-0.39, 0.29) is 24.1 Å². The average Bonchev–Trinajstić information content (AvgIpc) is 2.87. The summed E-state index contributed by atoms with van der Waals surface area (Å²) < 4.78 is 0. The van der Waals surface area contributed by atoms with Gasteiger partial charge in [-0.25, -0.2) is 0 Å². The summed E-state index contributed by atoms with van der Waals surface area (Å²) in [6.07, 6.45) is 0.674. The zero-order valence-electron chi connectivity index (χ0n) is 14.0. The Labute approximate surface area is 146 Å². The van der Waals surface area contributed by atoms with Gasteiger partial charge in [-0.2, -0.15) is 0 Å². The molecule has 3 heterocycles. The smallest absolute Gasteiger partial charge is 0.255 e. The predicted octanol–water partition coefficient (Wildman–Crippen LogP) is -0.243. The van der Waals surface area contributed by atoms with E-state index in [0.29, 0.717) is 31.0 Å². The lowest BCUT2D eigenvalue weighted by atomic mass is 10.0. The first-order chi connectivity index (χ1) is 12.1. The van der Waals surface area contributed by atoms with E-state index in [1.807, 2.05) is 18.2 Å². The van der Waals surface area contributed by atoms with Gasteiger partial charge in [0.1, 0.15) is 6.04 Å². The molecule has 0 radical (unpaired) electrons. The monoisotopic (exact) mass is 342 g/mol. The lowest BCUT2D eigenvalue weighted by molar-refractivity contribution is -0.136. The van der Waals surface area contributed by atoms with Crippen LogP contribution in [0.3, 0.4) is 0 Å². The van der Waals surface area contributed by atoms with Gasteiger partial charge in [0, 0.05) is 44.7 Å². The Bertz CT molecular complexity index is 729. The molecule has 25 heavy (non-hydrogen) atoms. The maximum atomic E-state index is 12.9. The van der Waals surface area contributed by atoms with Gasteiger partial charge in [0.25, 0.3) is 5.91 Å². The zero-order chi connectivity index (χ0) is 17.4. The Morgan fingerprint density at radius 1 is 1.20 bits per heavy atom. The molecule has 7 nitrogen and oxygen atoms in total. The van der Waals surface area contributed by atoms with Crippen molar-refractivity contribution in [3.63, 3.8) is 0 Å². The maximum Gasteiger partial charge on any atom is 0.255 e. The van der Waals surface area contributed by atoms with Crippen LogP contribution in [0.15, 0.2) is 18.2 Å². The summed E-state index contributed by atoms with van der Waals surface area (Å²) in [7, 11) is 0. The third-order valence-corrected chi connectivity index (χ3v) is 5.25. The molecule has 1 unspecified atom stereocenters. The molecule has 132 valence electrons. The van der Waals surface area contributed by atoms with Gasteiger partial charge in [-0.1, -0.05) is 18.2 Å². The Kier molecular flexibility index (Phi) is 4.27. The first-order valence-corrected chi connectivity index (χ1v) is 8.80. The third-order valence-electron chi connectivity index (χ3n) is 5.25. The van der Waals surface area contributed by atoms with Crippen LogP contribution in [-0.2, 0) is 22.7 Å². The number of piperidine rings is 1. The van der Waals surface area contributed by atoms with Gasteiger partial charge < -0.3 is 15.5 Å². The highest BCUT2D eigenvalue weighted by Gasteiger charge is 2.39. The van der Waals surface area contributed by atoms with E-state index < -0.39 is 6.04 Å². The molecule has 0 bridgehead atoms. The predicted molar refractivity (Wildman–Crippen MR) is 90.6 cm³/mol. The van der Waals surface area contributed by atoms with Gasteiger partial charge in [-0.3, -0.25) is 19.7 Å². The van der Waals surface area contributed by atoms with E-state index in [1.165, 1.54) is 0 Å². The van der Waals surface area contributed by atoms with Gasteiger partial charge in [0.2, 0.25) is 11.8 Å². The molecule has 0 aromatic heterocycles. The summed E-state index contributed by atoms with van der Waals surface area (Å²) >= 11 is 0. The average molecular weight is 342 g/mol. The molecule has 2 saturated heterocycles. The van der Waals surface area contributed by atoms with Gasteiger partial charge in [-0.15, -0.1) is 0 Å². The fraction of sp³-hybridized carbons (Fsp3) is 0.500. The molecule has 3 aliphatic rings. The largest absolute Gasteiger partial charge is 0.322 e. The summed E-state index contributed by atoms with van der Waals surface area (Å²) in [5.41, 5.74) is 2.65. The minimum Gasteiger partial charge on any atom is -0.322 e. The topological polar surface area (TPSA) is 90.5 Å². The highest BCUT2D eigenvalue weighted by atomic mass is 16.2. The first-order valence-electron chi connectivity index (χ1n) is 8.80. The number of rotatable bonds is 5. The number of amides is 3. The maximum absolute atomic E-state index is 12.9. The second-order valence-electron chi connectivity index (χ2n) is 7.01. The molecule has 3 amide bonds. The number of benzene rings is 1. The van der Waals surface area contributed by atoms with E-state index >= 15 is 0 Å². The number of nitrogens with one attached hydrogen (secondary N) is 3. The van der Waals surface area contributed by atoms with Crippen LogP contribution >= 0.6 is 0 Å². The van der Waals surface area contributed by atoms with Crippen molar-refractivity contribution in [2.75, 3.05) is 19.6 Å². The van der Waals surface area contributed by atoms with Gasteiger partial charge in [0.15, 0.2) is 0 Å². The molecule has 7 heteroatoms. The van der Waals surface area contributed by atoms with Crippen molar-refractivity contribution in [1.29, 1.82) is 0 Å². The van der Waals surface area contributed by atoms with Gasteiger partial charge >= 0.3 is 0 Å². The lowest BCUT2D eigenvalue weighted by Crippen LogP contribution is -2.52. The quantitative estimate of drug-likeness (QED) is 0.643. The van der Waals surface area contributed by atoms with Gasteiger partial charge in [0.05, 0.1) is 0 Å². The number of hydrogen-bond acceptors (Lipinski definition) is 5. The van der Waals surface area contributed by atoms with Crippen molar-refractivity contribution in [1.82, 2.24) is 20.9 Å². The molecule has 3 N–H and O–H groups in total. The van der Waals surface area contributed by atoms with E-state index in [1.54, 1.807) is 4.90 Å².